The largest absolute Gasteiger partial charge is 0.494 e. The highest BCUT2D eigenvalue weighted by Crippen LogP contribution is 2.45. The third-order valence-corrected chi connectivity index (χ3v) is 7.88. The van der Waals surface area contributed by atoms with E-state index < -0.39 is 4.92 Å². The molecule has 2 N–H and O–H groups in total. The van der Waals surface area contributed by atoms with Gasteiger partial charge < -0.3 is 29.6 Å². The number of rotatable bonds is 9. The molecule has 3 heterocycles. The summed E-state index contributed by atoms with van der Waals surface area (Å²) in [4.78, 5) is 29.8. The second-order valence-electron chi connectivity index (χ2n) is 10.1. The van der Waals surface area contributed by atoms with Gasteiger partial charge in [-0.2, -0.15) is 0 Å². The molecule has 11 nitrogen and oxygen atoms in total. The lowest BCUT2D eigenvalue weighted by molar-refractivity contribution is -0.384. The van der Waals surface area contributed by atoms with Gasteiger partial charge in [-0.3, -0.25) is 19.9 Å². The van der Waals surface area contributed by atoms with Crippen LogP contribution in [0.15, 0.2) is 66.9 Å². The van der Waals surface area contributed by atoms with Crippen LogP contribution in [0.25, 0.3) is 5.69 Å². The lowest BCUT2D eigenvalue weighted by Gasteiger charge is -2.29. The zero-order valence-electron chi connectivity index (χ0n) is 24.5. The van der Waals surface area contributed by atoms with Crippen molar-refractivity contribution in [1.82, 2.24) is 14.9 Å². The van der Waals surface area contributed by atoms with Crippen molar-refractivity contribution < 1.29 is 19.2 Å². The summed E-state index contributed by atoms with van der Waals surface area (Å²) in [6, 6.07) is 17.4. The average molecular weight is 601 g/mol. The van der Waals surface area contributed by atoms with Gasteiger partial charge in [-0.15, -0.1) is 0 Å². The number of carbonyl (C=O) groups excluding carboxylic acids is 1. The number of nitro benzene ring substituents is 1. The number of aromatic nitrogens is 2. The molecule has 1 saturated heterocycles. The minimum Gasteiger partial charge on any atom is -0.494 e. The molecule has 2 unspecified atom stereocenters. The van der Waals surface area contributed by atoms with Crippen molar-refractivity contribution in [2.75, 3.05) is 24.4 Å². The van der Waals surface area contributed by atoms with Gasteiger partial charge in [0.1, 0.15) is 11.5 Å². The first-order valence-electron chi connectivity index (χ1n) is 13.7. The molecule has 0 radical (unpaired) electrons. The lowest BCUT2D eigenvalue weighted by atomic mass is 9.96. The predicted molar refractivity (Wildman–Crippen MR) is 168 cm³/mol. The van der Waals surface area contributed by atoms with Crippen LogP contribution in [0.2, 0.25) is 0 Å². The van der Waals surface area contributed by atoms with Crippen LogP contribution in [-0.4, -0.2) is 39.7 Å². The smallest absolute Gasteiger partial charge is 0.273 e. The van der Waals surface area contributed by atoms with Crippen LogP contribution in [0.4, 0.5) is 17.1 Å². The maximum atomic E-state index is 12.1. The Balaban J connectivity index is 1.66. The Morgan fingerprint density at radius 1 is 1.09 bits per heavy atom. The summed E-state index contributed by atoms with van der Waals surface area (Å²) in [7, 11) is 3.05. The monoisotopic (exact) mass is 600 g/mol. The second-order valence-corrected chi connectivity index (χ2v) is 10.4. The molecule has 0 aliphatic carbocycles. The van der Waals surface area contributed by atoms with Gasteiger partial charge >= 0.3 is 0 Å². The molecule has 1 fully saturated rings. The quantitative estimate of drug-likeness (QED) is 0.136. The van der Waals surface area contributed by atoms with Crippen LogP contribution >= 0.6 is 12.2 Å². The van der Waals surface area contributed by atoms with E-state index in [1.54, 1.807) is 32.4 Å². The van der Waals surface area contributed by atoms with Crippen molar-refractivity contribution in [3.8, 4) is 17.2 Å². The Morgan fingerprint density at radius 2 is 1.86 bits per heavy atom. The van der Waals surface area contributed by atoms with E-state index in [1.165, 1.54) is 19.2 Å². The molecule has 2 aromatic heterocycles. The maximum Gasteiger partial charge on any atom is 0.273 e. The van der Waals surface area contributed by atoms with Crippen LogP contribution < -0.4 is 25.0 Å². The molecule has 0 saturated carbocycles. The maximum absolute atomic E-state index is 12.1. The highest BCUT2D eigenvalue weighted by molar-refractivity contribution is 7.80. The van der Waals surface area contributed by atoms with Gasteiger partial charge in [-0.1, -0.05) is 13.0 Å². The molecule has 4 aromatic rings. The van der Waals surface area contributed by atoms with E-state index in [0.29, 0.717) is 34.4 Å². The Morgan fingerprint density at radius 3 is 2.51 bits per heavy atom. The summed E-state index contributed by atoms with van der Waals surface area (Å²) in [5, 5.41) is 18.3. The molecule has 222 valence electrons. The van der Waals surface area contributed by atoms with Gasteiger partial charge in [0.15, 0.2) is 5.11 Å². The number of non-ortho nitro benzene ring substituents is 1. The molecule has 12 heteroatoms. The zero-order valence-corrected chi connectivity index (χ0v) is 25.3. The summed E-state index contributed by atoms with van der Waals surface area (Å²) < 4.78 is 13.3. The number of pyridine rings is 1. The molecular weight excluding hydrogens is 568 g/mol. The van der Waals surface area contributed by atoms with Gasteiger partial charge in [0.25, 0.3) is 5.69 Å². The normalized spacial score (nSPS) is 16.1. The summed E-state index contributed by atoms with van der Waals surface area (Å²) in [6.45, 7) is 5.77. The van der Waals surface area contributed by atoms with E-state index in [9.17, 15) is 14.9 Å². The van der Waals surface area contributed by atoms with E-state index in [-0.39, 0.29) is 23.7 Å². The van der Waals surface area contributed by atoms with Crippen LogP contribution in [0.3, 0.4) is 0 Å². The van der Waals surface area contributed by atoms with Crippen molar-refractivity contribution in [2.45, 2.75) is 39.3 Å². The Labute approximate surface area is 254 Å². The third-order valence-electron chi connectivity index (χ3n) is 7.56. The summed E-state index contributed by atoms with van der Waals surface area (Å²) in [5.74, 6) is 0.769. The highest BCUT2D eigenvalue weighted by Gasteiger charge is 2.42. The first kappa shape index (κ1) is 29.5. The number of methoxy groups -OCH3 is 2. The van der Waals surface area contributed by atoms with Crippen LogP contribution in [0, 0.1) is 24.0 Å². The number of thiocarbonyl (C=S) groups is 1. The van der Waals surface area contributed by atoms with Crippen molar-refractivity contribution in [2.24, 2.45) is 0 Å². The van der Waals surface area contributed by atoms with Crippen molar-refractivity contribution in [1.29, 1.82) is 0 Å². The number of benzene rings is 2. The number of anilines is 2. The number of hydrogen-bond donors (Lipinski definition) is 2. The van der Waals surface area contributed by atoms with E-state index in [2.05, 4.69) is 21.7 Å². The fourth-order valence-electron chi connectivity index (χ4n) is 5.54. The number of nitro groups is 1. The van der Waals surface area contributed by atoms with Crippen LogP contribution in [0.5, 0.6) is 11.5 Å². The summed E-state index contributed by atoms with van der Waals surface area (Å²) in [6.07, 6.45) is 2.09. The van der Waals surface area contributed by atoms with E-state index in [1.807, 2.05) is 53.6 Å². The molecule has 0 spiro atoms. The Kier molecular flexibility index (Phi) is 8.31. The Hall–Kier alpha value is -4.97. The number of nitrogens with one attached hydrogen (secondary N) is 2. The molecule has 2 aromatic carbocycles. The molecule has 1 aliphatic heterocycles. The fourth-order valence-corrected chi connectivity index (χ4v) is 5.89. The van der Waals surface area contributed by atoms with E-state index in [0.717, 1.165) is 28.3 Å². The Bertz CT molecular complexity index is 1710. The van der Waals surface area contributed by atoms with Crippen molar-refractivity contribution >= 4 is 40.3 Å². The first-order chi connectivity index (χ1) is 20.7. The standard InChI is InChI=1S/C31H32N6O5S/c1-6-28(38)33-23-12-10-20(16-26(23)41-4)36-30(29(34-31(36)43)24-9-7-8-14-32-24)22-15-18(2)35(19(22)3)25-13-11-21(37(39)40)17-27(25)42-5/h7-17,29-30H,6H2,1-5H3,(H,33,38)(H,34,43). The average Bonchev–Trinajstić information content (AvgIpc) is 3.51. The van der Waals surface area contributed by atoms with Crippen LogP contribution in [0.1, 0.15) is 48.1 Å². The fraction of sp³-hybridized carbons (Fsp3) is 0.258. The summed E-state index contributed by atoms with van der Waals surface area (Å²) in [5.41, 5.74) is 5.57. The summed E-state index contributed by atoms with van der Waals surface area (Å²) >= 11 is 5.92. The minimum absolute atomic E-state index is 0.0532. The number of amides is 1. The SMILES string of the molecule is CCC(=O)Nc1ccc(N2C(=S)NC(c3ccccn3)C2c2cc(C)n(-c3ccc([N+](=O)[O-])cc3OC)c2C)cc1OC. The number of carbonyl (C=O) groups is 1. The molecular formula is C31H32N6O5S. The van der Waals surface area contributed by atoms with Crippen molar-refractivity contribution in [3.63, 3.8) is 0 Å². The molecule has 1 amide bonds. The second kappa shape index (κ2) is 12.1. The van der Waals surface area contributed by atoms with Gasteiger partial charge in [0.2, 0.25) is 5.91 Å². The zero-order chi connectivity index (χ0) is 30.8. The molecule has 2 atom stereocenters. The van der Waals surface area contributed by atoms with E-state index >= 15 is 0 Å². The first-order valence-corrected chi connectivity index (χ1v) is 14.1. The van der Waals surface area contributed by atoms with Gasteiger partial charge in [0.05, 0.1) is 54.4 Å². The minimum atomic E-state index is -0.444. The topological polar surface area (TPSA) is 124 Å². The number of hydrogen-bond acceptors (Lipinski definition) is 7. The lowest BCUT2D eigenvalue weighted by Crippen LogP contribution is -2.29. The highest BCUT2D eigenvalue weighted by atomic mass is 32.1. The van der Waals surface area contributed by atoms with Crippen LogP contribution in [-0.2, 0) is 4.79 Å². The predicted octanol–water partition coefficient (Wildman–Crippen LogP) is 5.94. The molecule has 5 rings (SSSR count). The molecule has 0 bridgehead atoms. The van der Waals surface area contributed by atoms with Gasteiger partial charge in [-0.25, -0.2) is 0 Å². The van der Waals surface area contributed by atoms with Crippen molar-refractivity contribution in [3.05, 3.63) is 99.6 Å². The number of nitrogens with zero attached hydrogens (tertiary/aromatic N) is 4. The van der Waals surface area contributed by atoms with Gasteiger partial charge in [0, 0.05) is 41.8 Å². The molecule has 1 aliphatic rings. The van der Waals surface area contributed by atoms with Gasteiger partial charge in [-0.05, 0) is 68.0 Å². The number of ether oxygens (including phenoxy) is 2. The third kappa shape index (κ3) is 5.48. The molecule has 43 heavy (non-hydrogen) atoms. The number of aryl methyl sites for hydroxylation is 1. The van der Waals surface area contributed by atoms with E-state index in [4.69, 9.17) is 21.7 Å².